The highest BCUT2D eigenvalue weighted by Crippen LogP contribution is 2.19. The molecule has 0 heterocycles. The summed E-state index contributed by atoms with van der Waals surface area (Å²) < 4.78 is 0. The molecular formula is C15H15ClN2O. The van der Waals surface area contributed by atoms with E-state index < -0.39 is 0 Å². The second kappa shape index (κ2) is 5.76. The highest BCUT2D eigenvalue weighted by molar-refractivity contribution is 6.30. The van der Waals surface area contributed by atoms with Crippen LogP contribution in [-0.4, -0.2) is 13.0 Å². The number of aryl methyl sites for hydroxylation is 1. The molecule has 2 aromatic carbocycles. The van der Waals surface area contributed by atoms with Crippen molar-refractivity contribution in [1.29, 1.82) is 0 Å². The summed E-state index contributed by atoms with van der Waals surface area (Å²) in [5.41, 5.74) is 3.33. The zero-order chi connectivity index (χ0) is 13.8. The second-order valence-electron chi connectivity index (χ2n) is 4.24. The summed E-state index contributed by atoms with van der Waals surface area (Å²) >= 11 is 5.88. The van der Waals surface area contributed by atoms with Crippen molar-refractivity contribution in [2.45, 2.75) is 6.92 Å². The van der Waals surface area contributed by atoms with Gasteiger partial charge in [-0.2, -0.15) is 0 Å². The molecule has 0 spiro atoms. The van der Waals surface area contributed by atoms with Gasteiger partial charge in [0.05, 0.1) is 0 Å². The molecule has 2 aromatic rings. The quantitative estimate of drug-likeness (QED) is 0.890. The maximum atomic E-state index is 12.1. The maximum absolute atomic E-state index is 12.1. The smallest absolute Gasteiger partial charge is 0.255 e. The van der Waals surface area contributed by atoms with Crippen LogP contribution in [0.2, 0.25) is 5.02 Å². The van der Waals surface area contributed by atoms with Gasteiger partial charge < -0.3 is 10.6 Å². The molecule has 0 bridgehead atoms. The van der Waals surface area contributed by atoms with Crippen molar-refractivity contribution in [3.63, 3.8) is 0 Å². The van der Waals surface area contributed by atoms with Gasteiger partial charge in [-0.3, -0.25) is 4.79 Å². The number of benzene rings is 2. The van der Waals surface area contributed by atoms with Crippen LogP contribution >= 0.6 is 11.6 Å². The lowest BCUT2D eigenvalue weighted by Gasteiger charge is -2.09. The molecule has 3 nitrogen and oxygen atoms in total. The standard InChI is InChI=1S/C15H15ClN2O/c1-10-6-7-11(8-14(10)17-2)15(19)18-13-5-3-4-12(16)9-13/h3-9,17H,1-2H3,(H,18,19). The molecular weight excluding hydrogens is 260 g/mol. The number of hydrogen-bond donors (Lipinski definition) is 2. The fraction of sp³-hybridized carbons (Fsp3) is 0.133. The van der Waals surface area contributed by atoms with Crippen molar-refractivity contribution in [3.05, 3.63) is 58.6 Å². The van der Waals surface area contributed by atoms with E-state index in [1.165, 1.54) is 0 Å². The fourth-order valence-electron chi connectivity index (χ4n) is 1.80. The van der Waals surface area contributed by atoms with Crippen LogP contribution in [-0.2, 0) is 0 Å². The minimum absolute atomic E-state index is 0.154. The highest BCUT2D eigenvalue weighted by atomic mass is 35.5. The molecule has 0 aliphatic carbocycles. The number of rotatable bonds is 3. The summed E-state index contributed by atoms with van der Waals surface area (Å²) in [4.78, 5) is 12.1. The van der Waals surface area contributed by atoms with Gasteiger partial charge in [0.2, 0.25) is 0 Å². The Kier molecular flexibility index (Phi) is 4.07. The van der Waals surface area contributed by atoms with Gasteiger partial charge in [-0.25, -0.2) is 0 Å². The lowest BCUT2D eigenvalue weighted by atomic mass is 10.1. The topological polar surface area (TPSA) is 41.1 Å². The third-order valence-corrected chi connectivity index (χ3v) is 3.09. The fourth-order valence-corrected chi connectivity index (χ4v) is 1.99. The van der Waals surface area contributed by atoms with Gasteiger partial charge in [0.25, 0.3) is 5.91 Å². The van der Waals surface area contributed by atoms with Crippen LogP contribution in [0.1, 0.15) is 15.9 Å². The van der Waals surface area contributed by atoms with Gasteiger partial charge in [-0.1, -0.05) is 23.7 Å². The van der Waals surface area contributed by atoms with Crippen molar-refractivity contribution < 1.29 is 4.79 Å². The van der Waals surface area contributed by atoms with Gasteiger partial charge >= 0.3 is 0 Å². The molecule has 0 aliphatic heterocycles. The van der Waals surface area contributed by atoms with Crippen LogP contribution < -0.4 is 10.6 Å². The van der Waals surface area contributed by atoms with E-state index in [4.69, 9.17) is 11.6 Å². The van der Waals surface area contributed by atoms with E-state index in [9.17, 15) is 4.79 Å². The van der Waals surface area contributed by atoms with Gasteiger partial charge in [-0.05, 0) is 42.8 Å². The van der Waals surface area contributed by atoms with Crippen LogP contribution in [0, 0.1) is 6.92 Å². The van der Waals surface area contributed by atoms with E-state index in [1.807, 2.05) is 26.1 Å². The largest absolute Gasteiger partial charge is 0.388 e. The predicted molar refractivity (Wildman–Crippen MR) is 80.1 cm³/mol. The first-order valence-corrected chi connectivity index (χ1v) is 6.33. The number of carbonyl (C=O) groups is 1. The van der Waals surface area contributed by atoms with Crippen molar-refractivity contribution in [2.24, 2.45) is 0 Å². The number of amides is 1. The second-order valence-corrected chi connectivity index (χ2v) is 4.68. The van der Waals surface area contributed by atoms with E-state index in [0.717, 1.165) is 11.3 Å². The Morgan fingerprint density at radius 1 is 1.16 bits per heavy atom. The Balaban J connectivity index is 2.20. The Labute approximate surface area is 117 Å². The Bertz CT molecular complexity index is 611. The van der Waals surface area contributed by atoms with E-state index in [-0.39, 0.29) is 5.91 Å². The number of nitrogens with one attached hydrogen (secondary N) is 2. The van der Waals surface area contributed by atoms with Crippen LogP contribution in [0.5, 0.6) is 0 Å². The van der Waals surface area contributed by atoms with E-state index in [1.54, 1.807) is 30.3 Å². The number of carbonyl (C=O) groups excluding carboxylic acids is 1. The lowest BCUT2D eigenvalue weighted by molar-refractivity contribution is 0.102. The van der Waals surface area contributed by atoms with Crippen molar-refractivity contribution in [2.75, 3.05) is 17.7 Å². The third kappa shape index (κ3) is 3.26. The monoisotopic (exact) mass is 274 g/mol. The maximum Gasteiger partial charge on any atom is 0.255 e. The van der Waals surface area contributed by atoms with Crippen LogP contribution in [0.4, 0.5) is 11.4 Å². The Morgan fingerprint density at radius 2 is 1.95 bits per heavy atom. The first-order chi connectivity index (χ1) is 9.10. The van der Waals surface area contributed by atoms with Crippen LogP contribution in [0.25, 0.3) is 0 Å². The molecule has 19 heavy (non-hydrogen) atoms. The molecule has 4 heteroatoms. The molecule has 2 N–H and O–H groups in total. The van der Waals surface area contributed by atoms with Gasteiger partial charge in [0, 0.05) is 29.0 Å². The average molecular weight is 275 g/mol. The summed E-state index contributed by atoms with van der Waals surface area (Å²) in [5, 5.41) is 6.48. The number of halogens is 1. The van der Waals surface area contributed by atoms with Crippen molar-refractivity contribution in [3.8, 4) is 0 Å². The van der Waals surface area contributed by atoms with E-state index >= 15 is 0 Å². The van der Waals surface area contributed by atoms with Crippen LogP contribution in [0.15, 0.2) is 42.5 Å². The van der Waals surface area contributed by atoms with Crippen molar-refractivity contribution >= 4 is 28.9 Å². The van der Waals surface area contributed by atoms with E-state index in [0.29, 0.717) is 16.3 Å². The highest BCUT2D eigenvalue weighted by Gasteiger charge is 2.08. The summed E-state index contributed by atoms with van der Waals surface area (Å²) in [7, 11) is 1.83. The number of anilines is 2. The third-order valence-electron chi connectivity index (χ3n) is 2.85. The molecule has 0 fully saturated rings. The minimum Gasteiger partial charge on any atom is -0.388 e. The molecule has 0 saturated heterocycles. The molecule has 0 unspecified atom stereocenters. The Morgan fingerprint density at radius 3 is 2.63 bits per heavy atom. The molecule has 0 aliphatic rings. The summed E-state index contributed by atoms with van der Waals surface area (Å²) in [6, 6.07) is 12.6. The molecule has 0 aromatic heterocycles. The SMILES string of the molecule is CNc1cc(C(=O)Nc2cccc(Cl)c2)ccc1C. The predicted octanol–water partition coefficient (Wildman–Crippen LogP) is 3.94. The molecule has 0 saturated carbocycles. The summed E-state index contributed by atoms with van der Waals surface area (Å²) in [5.74, 6) is -0.154. The molecule has 0 atom stereocenters. The zero-order valence-electron chi connectivity index (χ0n) is 10.8. The van der Waals surface area contributed by atoms with Crippen molar-refractivity contribution in [1.82, 2.24) is 0 Å². The van der Waals surface area contributed by atoms with Gasteiger partial charge in [0.1, 0.15) is 0 Å². The summed E-state index contributed by atoms with van der Waals surface area (Å²) in [6.45, 7) is 1.99. The van der Waals surface area contributed by atoms with Gasteiger partial charge in [0.15, 0.2) is 0 Å². The van der Waals surface area contributed by atoms with Crippen LogP contribution in [0.3, 0.4) is 0 Å². The first-order valence-electron chi connectivity index (χ1n) is 5.95. The first kappa shape index (κ1) is 13.4. The number of hydrogen-bond acceptors (Lipinski definition) is 2. The summed E-state index contributed by atoms with van der Waals surface area (Å²) in [6.07, 6.45) is 0. The average Bonchev–Trinajstić information content (AvgIpc) is 2.39. The molecule has 0 radical (unpaired) electrons. The molecule has 98 valence electrons. The normalized spacial score (nSPS) is 10.1. The zero-order valence-corrected chi connectivity index (χ0v) is 11.6. The van der Waals surface area contributed by atoms with E-state index in [2.05, 4.69) is 10.6 Å². The molecule has 1 amide bonds. The Hall–Kier alpha value is -2.00. The van der Waals surface area contributed by atoms with Gasteiger partial charge in [-0.15, -0.1) is 0 Å². The lowest BCUT2D eigenvalue weighted by Crippen LogP contribution is -2.12. The minimum atomic E-state index is -0.154. The molecule has 2 rings (SSSR count).